The van der Waals surface area contributed by atoms with Crippen LogP contribution in [-0.4, -0.2) is 4.98 Å². The number of halogens is 2. The Hall–Kier alpha value is -0.870. The molecule has 0 saturated carbocycles. The van der Waals surface area contributed by atoms with Crippen molar-refractivity contribution in [3.8, 4) is 0 Å². The fraction of sp³-hybridized carbons (Fsp3) is 0.154. The Morgan fingerprint density at radius 1 is 1.12 bits per heavy atom. The minimum Gasteiger partial charge on any atom is -0.378 e. The molecule has 1 aromatic carbocycles. The predicted octanol–water partition coefficient (Wildman–Crippen LogP) is 4.53. The summed E-state index contributed by atoms with van der Waals surface area (Å²) in [5.41, 5.74) is 3.25. The quantitative estimate of drug-likeness (QED) is 0.875. The van der Waals surface area contributed by atoms with E-state index in [0.29, 0.717) is 6.54 Å². The van der Waals surface area contributed by atoms with E-state index in [0.717, 1.165) is 20.3 Å². The van der Waals surface area contributed by atoms with E-state index in [1.54, 1.807) is 0 Å². The molecule has 0 aliphatic carbocycles. The molecule has 0 unspecified atom stereocenters. The van der Waals surface area contributed by atoms with Crippen molar-refractivity contribution in [2.75, 3.05) is 5.32 Å². The second-order valence-corrected chi connectivity index (χ2v) is 5.49. The zero-order valence-corrected chi connectivity index (χ0v) is 12.5. The van der Waals surface area contributed by atoms with Gasteiger partial charge in [-0.15, -0.1) is 0 Å². The van der Waals surface area contributed by atoms with Gasteiger partial charge in [0, 0.05) is 15.1 Å². The fourth-order valence-electron chi connectivity index (χ4n) is 1.45. The van der Waals surface area contributed by atoms with Crippen molar-refractivity contribution in [1.82, 2.24) is 4.98 Å². The van der Waals surface area contributed by atoms with Crippen LogP contribution >= 0.6 is 31.9 Å². The molecule has 1 N–H and O–H groups in total. The van der Waals surface area contributed by atoms with Crippen LogP contribution in [0.3, 0.4) is 0 Å². The lowest BCUT2D eigenvalue weighted by Gasteiger charge is -2.10. The van der Waals surface area contributed by atoms with Gasteiger partial charge < -0.3 is 5.32 Å². The molecule has 0 amide bonds. The van der Waals surface area contributed by atoms with Crippen molar-refractivity contribution in [1.29, 1.82) is 0 Å². The van der Waals surface area contributed by atoms with Crippen LogP contribution in [0.1, 0.15) is 11.3 Å². The Morgan fingerprint density at radius 2 is 1.82 bits per heavy atom. The number of aryl methyl sites for hydroxylation is 1. The highest BCUT2D eigenvalue weighted by atomic mass is 79.9. The van der Waals surface area contributed by atoms with Gasteiger partial charge >= 0.3 is 0 Å². The fourth-order valence-corrected chi connectivity index (χ4v) is 2.73. The van der Waals surface area contributed by atoms with E-state index >= 15 is 0 Å². The molecule has 0 aliphatic rings. The highest BCUT2D eigenvalue weighted by Gasteiger charge is 2.04. The van der Waals surface area contributed by atoms with Crippen molar-refractivity contribution < 1.29 is 0 Å². The average Bonchev–Trinajstić information content (AvgIpc) is 2.31. The molecular formula is C13H12Br2N2. The summed E-state index contributed by atoms with van der Waals surface area (Å²) in [6.45, 7) is 2.75. The van der Waals surface area contributed by atoms with E-state index in [4.69, 9.17) is 0 Å². The third kappa shape index (κ3) is 3.30. The molecular weight excluding hydrogens is 344 g/mol. The van der Waals surface area contributed by atoms with Gasteiger partial charge in [-0.05, 0) is 62.5 Å². The monoisotopic (exact) mass is 354 g/mol. The normalized spacial score (nSPS) is 10.3. The number of rotatable bonds is 3. The van der Waals surface area contributed by atoms with Crippen LogP contribution in [-0.2, 0) is 6.54 Å². The average molecular weight is 356 g/mol. The Labute approximate surface area is 118 Å². The van der Waals surface area contributed by atoms with Crippen LogP contribution < -0.4 is 5.32 Å². The topological polar surface area (TPSA) is 24.9 Å². The summed E-state index contributed by atoms with van der Waals surface area (Å²) < 4.78 is 2.08. The molecule has 2 rings (SSSR count). The molecule has 0 atom stereocenters. The molecule has 0 saturated heterocycles. The number of benzene rings is 1. The largest absolute Gasteiger partial charge is 0.378 e. The van der Waals surface area contributed by atoms with Crippen LogP contribution in [0.25, 0.3) is 0 Å². The number of para-hydroxylation sites is 1. The lowest BCUT2D eigenvalue weighted by molar-refractivity contribution is 1.03. The zero-order valence-electron chi connectivity index (χ0n) is 9.37. The van der Waals surface area contributed by atoms with Crippen molar-refractivity contribution >= 4 is 37.5 Å². The summed E-state index contributed by atoms with van der Waals surface area (Å²) in [7, 11) is 0. The van der Waals surface area contributed by atoms with Crippen LogP contribution in [0.2, 0.25) is 0 Å². The maximum atomic E-state index is 4.36. The van der Waals surface area contributed by atoms with E-state index in [-0.39, 0.29) is 0 Å². The van der Waals surface area contributed by atoms with E-state index in [9.17, 15) is 0 Å². The van der Waals surface area contributed by atoms with Gasteiger partial charge in [-0.2, -0.15) is 0 Å². The number of nitrogens with one attached hydrogen (secondary N) is 1. The number of nitrogens with zero attached hydrogens (tertiary/aromatic N) is 1. The highest BCUT2D eigenvalue weighted by Crippen LogP contribution is 2.30. The number of aromatic nitrogens is 1. The summed E-state index contributed by atoms with van der Waals surface area (Å²) in [5.74, 6) is 0. The van der Waals surface area contributed by atoms with E-state index in [1.807, 2.05) is 37.4 Å². The van der Waals surface area contributed by atoms with Crippen LogP contribution in [0.4, 0.5) is 5.69 Å². The molecule has 0 fully saturated rings. The van der Waals surface area contributed by atoms with Gasteiger partial charge in [0.1, 0.15) is 0 Å². The summed E-state index contributed by atoms with van der Waals surface area (Å²) in [5, 5.41) is 3.36. The minimum absolute atomic E-state index is 0.710. The maximum Gasteiger partial charge on any atom is 0.0632 e. The van der Waals surface area contributed by atoms with E-state index in [1.165, 1.54) is 5.56 Å². The lowest BCUT2D eigenvalue weighted by atomic mass is 10.2. The molecule has 88 valence electrons. The predicted molar refractivity (Wildman–Crippen MR) is 78.1 cm³/mol. The van der Waals surface area contributed by atoms with Gasteiger partial charge in [0.05, 0.1) is 17.9 Å². The molecule has 0 bridgehead atoms. The summed E-state index contributed by atoms with van der Waals surface area (Å²) in [6.07, 6.45) is 1.88. The first kappa shape index (κ1) is 12.6. The van der Waals surface area contributed by atoms with Crippen molar-refractivity contribution in [3.05, 3.63) is 56.7 Å². The van der Waals surface area contributed by atoms with Gasteiger partial charge in [-0.3, -0.25) is 4.98 Å². The van der Waals surface area contributed by atoms with Crippen molar-refractivity contribution in [3.63, 3.8) is 0 Å². The third-order valence-electron chi connectivity index (χ3n) is 2.38. The van der Waals surface area contributed by atoms with Gasteiger partial charge in [0.25, 0.3) is 0 Å². The third-order valence-corrected chi connectivity index (χ3v) is 3.70. The molecule has 0 radical (unpaired) electrons. The molecule has 2 aromatic rings. The van der Waals surface area contributed by atoms with E-state index in [2.05, 4.69) is 48.2 Å². The lowest BCUT2D eigenvalue weighted by Crippen LogP contribution is -2.02. The first-order chi connectivity index (χ1) is 8.16. The molecule has 4 heteroatoms. The van der Waals surface area contributed by atoms with Crippen molar-refractivity contribution in [2.24, 2.45) is 0 Å². The Kier molecular flexibility index (Phi) is 4.18. The smallest absolute Gasteiger partial charge is 0.0632 e. The minimum atomic E-state index is 0.710. The van der Waals surface area contributed by atoms with Gasteiger partial charge in [-0.25, -0.2) is 0 Å². The number of hydrogen-bond acceptors (Lipinski definition) is 2. The molecule has 0 spiro atoms. The van der Waals surface area contributed by atoms with Gasteiger partial charge in [0.15, 0.2) is 0 Å². The maximum absolute atomic E-state index is 4.36. The molecule has 1 aromatic heterocycles. The Balaban J connectivity index is 2.10. The Morgan fingerprint density at radius 3 is 2.41 bits per heavy atom. The second-order valence-electron chi connectivity index (χ2n) is 3.78. The van der Waals surface area contributed by atoms with Crippen molar-refractivity contribution in [2.45, 2.75) is 13.5 Å². The highest BCUT2D eigenvalue weighted by molar-refractivity contribution is 9.11. The SMILES string of the molecule is Cc1ccc(CNc2c(Br)cccc2Br)nc1. The first-order valence-electron chi connectivity index (χ1n) is 5.26. The molecule has 0 aliphatic heterocycles. The Bertz CT molecular complexity index is 489. The molecule has 2 nitrogen and oxygen atoms in total. The van der Waals surface area contributed by atoms with Crippen LogP contribution in [0, 0.1) is 6.92 Å². The number of anilines is 1. The van der Waals surface area contributed by atoms with Crippen LogP contribution in [0.15, 0.2) is 45.5 Å². The van der Waals surface area contributed by atoms with E-state index < -0.39 is 0 Å². The zero-order chi connectivity index (χ0) is 12.3. The summed E-state index contributed by atoms with van der Waals surface area (Å²) >= 11 is 7.04. The van der Waals surface area contributed by atoms with Gasteiger partial charge in [-0.1, -0.05) is 12.1 Å². The second kappa shape index (κ2) is 5.65. The summed E-state index contributed by atoms with van der Waals surface area (Å²) in [6, 6.07) is 10.1. The summed E-state index contributed by atoms with van der Waals surface area (Å²) in [4.78, 5) is 4.36. The first-order valence-corrected chi connectivity index (χ1v) is 6.85. The van der Waals surface area contributed by atoms with Gasteiger partial charge in [0.2, 0.25) is 0 Å². The molecule has 17 heavy (non-hydrogen) atoms. The number of pyridine rings is 1. The van der Waals surface area contributed by atoms with Crippen LogP contribution in [0.5, 0.6) is 0 Å². The standard InChI is InChI=1S/C13H12Br2N2/c1-9-5-6-10(16-7-9)8-17-13-11(14)3-2-4-12(13)15/h2-7,17H,8H2,1H3. The number of hydrogen-bond donors (Lipinski definition) is 1. The molecule has 1 heterocycles.